The number of hydrogen-bond donors (Lipinski definition) is 0. The van der Waals surface area contributed by atoms with Gasteiger partial charge in [0, 0.05) is 32.6 Å². The summed E-state index contributed by atoms with van der Waals surface area (Å²) in [6.07, 6.45) is 3.55. The van der Waals surface area contributed by atoms with Crippen LogP contribution in [0.2, 0.25) is 0 Å². The van der Waals surface area contributed by atoms with Crippen molar-refractivity contribution in [1.82, 2.24) is 9.80 Å². The van der Waals surface area contributed by atoms with Crippen molar-refractivity contribution in [2.45, 2.75) is 67.0 Å². The zero-order valence-electron chi connectivity index (χ0n) is 22.0. The van der Waals surface area contributed by atoms with Crippen molar-refractivity contribution in [3.8, 4) is 11.5 Å². The molecule has 0 aliphatic carbocycles. The topological polar surface area (TPSA) is 24.9 Å². The van der Waals surface area contributed by atoms with Gasteiger partial charge in [0.05, 0.1) is 13.2 Å². The van der Waals surface area contributed by atoms with Crippen molar-refractivity contribution in [3.05, 3.63) is 58.1 Å². The first-order valence-corrected chi connectivity index (χ1v) is 13.3. The molecule has 0 radical (unpaired) electrons. The Kier molecular flexibility index (Phi) is 8.55. The van der Waals surface area contributed by atoms with Crippen LogP contribution >= 0.6 is 0 Å². The molecule has 0 saturated carbocycles. The molecule has 4 rings (SSSR count). The Hall–Kier alpha value is -2.04. The lowest BCUT2D eigenvalue weighted by Crippen LogP contribution is -2.30. The van der Waals surface area contributed by atoms with Gasteiger partial charge in [-0.05, 0) is 92.4 Å². The molecule has 1 atom stereocenters. The maximum Gasteiger partial charge on any atom is 0.164 e. The molecule has 1 saturated heterocycles. The van der Waals surface area contributed by atoms with Crippen molar-refractivity contribution in [2.24, 2.45) is 11.8 Å². The minimum absolute atomic E-state index is 0.658. The van der Waals surface area contributed by atoms with E-state index in [-0.39, 0.29) is 0 Å². The van der Waals surface area contributed by atoms with Gasteiger partial charge in [-0.3, -0.25) is 9.80 Å². The largest absolute Gasteiger partial charge is 0.490 e. The first kappa shape index (κ1) is 25.1. The molecule has 0 unspecified atom stereocenters. The van der Waals surface area contributed by atoms with Crippen molar-refractivity contribution < 1.29 is 9.47 Å². The Morgan fingerprint density at radius 1 is 1.06 bits per heavy atom. The highest BCUT2D eigenvalue weighted by Gasteiger charge is 2.24. The van der Waals surface area contributed by atoms with E-state index in [4.69, 9.17) is 9.47 Å². The maximum atomic E-state index is 6.00. The van der Waals surface area contributed by atoms with Gasteiger partial charge in [-0.2, -0.15) is 0 Å². The molecule has 0 bridgehead atoms. The summed E-state index contributed by atoms with van der Waals surface area (Å²) in [5.74, 6) is 3.32. The Morgan fingerprint density at radius 2 is 1.88 bits per heavy atom. The third-order valence-corrected chi connectivity index (χ3v) is 7.46. The SMILES string of the molecule is Cc1cccc(CN2CC[C@@H](CCN(Cc3cc(C)c4c(c3)OCCCO4)CC(C)C)C2)c1C. The fraction of sp³-hybridized carbons (Fsp3) is 0.600. The fourth-order valence-electron chi connectivity index (χ4n) is 5.50. The van der Waals surface area contributed by atoms with Crippen molar-refractivity contribution in [1.29, 1.82) is 0 Å². The van der Waals surface area contributed by atoms with Gasteiger partial charge in [-0.25, -0.2) is 0 Å². The van der Waals surface area contributed by atoms with Gasteiger partial charge in [0.2, 0.25) is 0 Å². The molecule has 1 fully saturated rings. The minimum Gasteiger partial charge on any atom is -0.490 e. The van der Waals surface area contributed by atoms with E-state index >= 15 is 0 Å². The number of rotatable bonds is 9. The van der Waals surface area contributed by atoms with Crippen LogP contribution in [0, 0.1) is 32.6 Å². The molecular formula is C30H44N2O2. The van der Waals surface area contributed by atoms with Crippen LogP contribution in [0.5, 0.6) is 11.5 Å². The van der Waals surface area contributed by atoms with Crippen LogP contribution in [-0.2, 0) is 13.1 Å². The fourth-order valence-corrected chi connectivity index (χ4v) is 5.50. The molecule has 4 nitrogen and oxygen atoms in total. The van der Waals surface area contributed by atoms with Crippen LogP contribution in [0.4, 0.5) is 0 Å². The smallest absolute Gasteiger partial charge is 0.164 e. The molecule has 4 heteroatoms. The van der Waals surface area contributed by atoms with Gasteiger partial charge >= 0.3 is 0 Å². The maximum absolute atomic E-state index is 6.00. The quantitative estimate of drug-likeness (QED) is 0.445. The first-order valence-electron chi connectivity index (χ1n) is 13.3. The summed E-state index contributed by atoms with van der Waals surface area (Å²) in [5.41, 5.74) is 6.89. The van der Waals surface area contributed by atoms with Crippen molar-refractivity contribution in [2.75, 3.05) is 39.4 Å². The summed E-state index contributed by atoms with van der Waals surface area (Å²) in [5, 5.41) is 0. The van der Waals surface area contributed by atoms with Gasteiger partial charge in [0.25, 0.3) is 0 Å². The van der Waals surface area contributed by atoms with Crippen molar-refractivity contribution >= 4 is 0 Å². The highest BCUT2D eigenvalue weighted by atomic mass is 16.5. The molecule has 2 aromatic carbocycles. The van der Waals surface area contributed by atoms with E-state index < -0.39 is 0 Å². The van der Waals surface area contributed by atoms with Gasteiger partial charge in [0.15, 0.2) is 11.5 Å². The summed E-state index contributed by atoms with van der Waals surface area (Å²) in [4.78, 5) is 5.31. The monoisotopic (exact) mass is 464 g/mol. The highest BCUT2D eigenvalue weighted by molar-refractivity contribution is 5.49. The average molecular weight is 465 g/mol. The molecule has 2 aromatic rings. The lowest BCUT2D eigenvalue weighted by atomic mass is 10.0. The number of ether oxygens (including phenoxy) is 2. The molecule has 0 N–H and O–H groups in total. The van der Waals surface area contributed by atoms with Crippen LogP contribution < -0.4 is 9.47 Å². The molecule has 2 heterocycles. The molecule has 0 aromatic heterocycles. The zero-order chi connectivity index (χ0) is 24.1. The van der Waals surface area contributed by atoms with Crippen LogP contribution in [0.1, 0.15) is 60.9 Å². The highest BCUT2D eigenvalue weighted by Crippen LogP contribution is 2.35. The number of likely N-dealkylation sites (tertiary alicyclic amines) is 1. The summed E-state index contributed by atoms with van der Waals surface area (Å²) in [7, 11) is 0. The minimum atomic E-state index is 0.658. The van der Waals surface area contributed by atoms with E-state index in [0.29, 0.717) is 5.92 Å². The Balaban J connectivity index is 1.34. The molecule has 0 spiro atoms. The lowest BCUT2D eigenvalue weighted by molar-refractivity contribution is 0.216. The number of nitrogens with zero attached hydrogens (tertiary/aromatic N) is 2. The molecule has 2 aliphatic heterocycles. The van der Waals surface area contributed by atoms with E-state index in [1.165, 1.54) is 53.7 Å². The summed E-state index contributed by atoms with van der Waals surface area (Å²) >= 11 is 0. The van der Waals surface area contributed by atoms with Crippen LogP contribution in [-0.4, -0.2) is 49.2 Å². The van der Waals surface area contributed by atoms with Gasteiger partial charge in [0.1, 0.15) is 0 Å². The van der Waals surface area contributed by atoms with E-state index in [1.54, 1.807) is 0 Å². The zero-order valence-corrected chi connectivity index (χ0v) is 22.0. The van der Waals surface area contributed by atoms with Gasteiger partial charge < -0.3 is 9.47 Å². The number of benzene rings is 2. The first-order chi connectivity index (χ1) is 16.4. The Morgan fingerprint density at radius 3 is 2.71 bits per heavy atom. The predicted octanol–water partition coefficient (Wildman–Crippen LogP) is 6.14. The third-order valence-electron chi connectivity index (χ3n) is 7.46. The van der Waals surface area contributed by atoms with E-state index in [0.717, 1.165) is 63.2 Å². The van der Waals surface area contributed by atoms with E-state index in [9.17, 15) is 0 Å². The Labute approximate surface area is 207 Å². The van der Waals surface area contributed by atoms with E-state index in [1.807, 2.05) is 0 Å². The second kappa shape index (κ2) is 11.6. The molecule has 2 aliphatic rings. The second-order valence-electron chi connectivity index (χ2n) is 11.0. The average Bonchev–Trinajstić information content (AvgIpc) is 3.09. The van der Waals surface area contributed by atoms with Gasteiger partial charge in [-0.1, -0.05) is 38.1 Å². The Bertz CT molecular complexity index is 955. The van der Waals surface area contributed by atoms with E-state index in [2.05, 4.69) is 74.8 Å². The van der Waals surface area contributed by atoms with Crippen LogP contribution in [0.3, 0.4) is 0 Å². The van der Waals surface area contributed by atoms with Crippen LogP contribution in [0.15, 0.2) is 30.3 Å². The van der Waals surface area contributed by atoms with Gasteiger partial charge in [-0.15, -0.1) is 0 Å². The molecular weight excluding hydrogens is 420 g/mol. The molecule has 34 heavy (non-hydrogen) atoms. The summed E-state index contributed by atoms with van der Waals surface area (Å²) in [6.45, 7) is 19.6. The standard InChI is InChI=1S/C30H44N2O2/c1-22(2)18-31(20-27-16-24(4)30-29(17-27)33-14-7-15-34-30)12-10-26-11-13-32(19-26)21-28-9-6-8-23(3)25(28)5/h6,8-9,16-17,22,26H,7,10-15,18-21H2,1-5H3/t26-/m1/s1. The lowest BCUT2D eigenvalue weighted by Gasteiger charge is -2.26. The van der Waals surface area contributed by atoms with Crippen molar-refractivity contribution in [3.63, 3.8) is 0 Å². The summed E-state index contributed by atoms with van der Waals surface area (Å²) in [6, 6.07) is 11.2. The number of aryl methyl sites for hydroxylation is 2. The molecule has 186 valence electrons. The number of fused-ring (bicyclic) bond motifs is 1. The number of hydrogen-bond acceptors (Lipinski definition) is 4. The predicted molar refractivity (Wildman–Crippen MR) is 141 cm³/mol. The molecule has 0 amide bonds. The third kappa shape index (κ3) is 6.55. The van der Waals surface area contributed by atoms with Crippen LogP contribution in [0.25, 0.3) is 0 Å². The normalized spacial score (nSPS) is 18.6. The summed E-state index contributed by atoms with van der Waals surface area (Å²) < 4.78 is 11.9. The second-order valence-corrected chi connectivity index (χ2v) is 11.0.